The lowest BCUT2D eigenvalue weighted by molar-refractivity contribution is -0.127. The molecule has 2 rings (SSSR count). The highest BCUT2D eigenvalue weighted by Gasteiger charge is 2.07. The number of carbonyl (C=O) groups excluding carboxylic acids is 1. The molecule has 6 heteroatoms. The van der Waals surface area contributed by atoms with Crippen LogP contribution < -0.4 is 10.6 Å². The number of fused-ring (bicyclic) bond motifs is 1. The largest absolute Gasteiger partial charge is 0.361 e. The Morgan fingerprint density at radius 2 is 2.00 bits per heavy atom. The van der Waals surface area contributed by atoms with Crippen LogP contribution in [0.2, 0.25) is 0 Å². The zero-order chi connectivity index (χ0) is 18.2. The van der Waals surface area contributed by atoms with Gasteiger partial charge in [-0.2, -0.15) is 0 Å². The van der Waals surface area contributed by atoms with Crippen molar-refractivity contribution in [1.82, 2.24) is 20.5 Å². The fourth-order valence-corrected chi connectivity index (χ4v) is 2.72. The fourth-order valence-electron chi connectivity index (χ4n) is 2.72. The van der Waals surface area contributed by atoms with E-state index in [2.05, 4.69) is 51.9 Å². The maximum absolute atomic E-state index is 11.7. The summed E-state index contributed by atoms with van der Waals surface area (Å²) >= 11 is 0. The summed E-state index contributed by atoms with van der Waals surface area (Å²) in [5.41, 5.74) is 3.86. The van der Waals surface area contributed by atoms with Crippen molar-refractivity contribution in [2.75, 3.05) is 33.7 Å². The van der Waals surface area contributed by atoms with Crippen LogP contribution in [-0.2, 0) is 17.6 Å². The molecule has 0 atom stereocenters. The molecule has 0 aliphatic carbocycles. The molecule has 3 N–H and O–H groups in total. The van der Waals surface area contributed by atoms with Crippen molar-refractivity contribution < 1.29 is 4.79 Å². The molecule has 0 bridgehead atoms. The van der Waals surface area contributed by atoms with Crippen molar-refractivity contribution in [2.24, 2.45) is 4.99 Å². The molecule has 0 spiro atoms. The zero-order valence-corrected chi connectivity index (χ0v) is 15.6. The molecule has 0 aliphatic heterocycles. The summed E-state index contributed by atoms with van der Waals surface area (Å²) in [7, 11) is 3.47. The Balaban J connectivity index is 1.98. The number of likely N-dealkylation sites (N-methyl/N-ethyl adjacent to an activating group) is 1. The molecule has 0 unspecified atom stereocenters. The number of aliphatic imine (C=N–C) groups is 1. The van der Waals surface area contributed by atoms with Gasteiger partial charge in [-0.05, 0) is 30.9 Å². The van der Waals surface area contributed by atoms with Crippen LogP contribution >= 0.6 is 0 Å². The first-order chi connectivity index (χ1) is 12.1. The smallest absolute Gasteiger partial charge is 0.243 e. The molecule has 1 amide bonds. The summed E-state index contributed by atoms with van der Waals surface area (Å²) in [6.45, 7) is 5.84. The third kappa shape index (κ3) is 4.98. The second kappa shape index (κ2) is 9.11. The van der Waals surface area contributed by atoms with E-state index in [-0.39, 0.29) is 12.5 Å². The average molecular weight is 343 g/mol. The molecular formula is C19H29N5O. The van der Waals surface area contributed by atoms with Crippen molar-refractivity contribution in [3.8, 4) is 0 Å². The molecule has 1 aromatic heterocycles. The van der Waals surface area contributed by atoms with E-state index in [1.54, 1.807) is 19.0 Å². The highest BCUT2D eigenvalue weighted by atomic mass is 16.2. The molecule has 2 aromatic rings. The molecule has 0 fully saturated rings. The summed E-state index contributed by atoms with van der Waals surface area (Å²) < 4.78 is 0. The summed E-state index contributed by atoms with van der Waals surface area (Å²) in [4.78, 5) is 21.0. The predicted molar refractivity (Wildman–Crippen MR) is 104 cm³/mol. The Bertz CT molecular complexity index is 732. The van der Waals surface area contributed by atoms with E-state index in [9.17, 15) is 4.79 Å². The number of rotatable bonds is 7. The Labute approximate surface area is 149 Å². The number of carbonyl (C=O) groups is 1. The number of H-pyrrole nitrogens is 1. The van der Waals surface area contributed by atoms with Gasteiger partial charge in [-0.3, -0.25) is 4.79 Å². The SMILES string of the molecule is CCNC(=NCC(=O)N(C)C)NCCc1c[nH]c2c(CC)cccc12. The maximum Gasteiger partial charge on any atom is 0.243 e. The van der Waals surface area contributed by atoms with E-state index < -0.39 is 0 Å². The number of hydrogen-bond acceptors (Lipinski definition) is 2. The van der Waals surface area contributed by atoms with Crippen LogP contribution in [0.4, 0.5) is 0 Å². The van der Waals surface area contributed by atoms with Crippen LogP contribution in [0.1, 0.15) is 25.0 Å². The number of benzene rings is 1. The van der Waals surface area contributed by atoms with Gasteiger partial charge in [0.15, 0.2) is 5.96 Å². The lowest BCUT2D eigenvalue weighted by Gasteiger charge is -2.12. The van der Waals surface area contributed by atoms with Crippen molar-refractivity contribution in [2.45, 2.75) is 26.7 Å². The molecule has 1 aromatic carbocycles. The van der Waals surface area contributed by atoms with Gasteiger partial charge in [0, 0.05) is 44.3 Å². The van der Waals surface area contributed by atoms with Gasteiger partial charge in [-0.15, -0.1) is 0 Å². The van der Waals surface area contributed by atoms with Crippen LogP contribution in [0.15, 0.2) is 29.4 Å². The third-order valence-corrected chi connectivity index (χ3v) is 4.17. The van der Waals surface area contributed by atoms with E-state index in [0.717, 1.165) is 25.9 Å². The number of guanidine groups is 1. The Morgan fingerprint density at radius 1 is 1.20 bits per heavy atom. The molecule has 1 heterocycles. The molecule has 136 valence electrons. The molecule has 0 saturated heterocycles. The van der Waals surface area contributed by atoms with Gasteiger partial charge in [0.05, 0.1) is 0 Å². The summed E-state index contributed by atoms with van der Waals surface area (Å²) in [6.07, 6.45) is 4.00. The summed E-state index contributed by atoms with van der Waals surface area (Å²) in [5, 5.41) is 7.76. The van der Waals surface area contributed by atoms with Gasteiger partial charge in [0.1, 0.15) is 6.54 Å². The predicted octanol–water partition coefficient (Wildman–Crippen LogP) is 1.92. The standard InChI is InChI=1S/C19H29N5O/c1-5-14-8-7-9-16-15(12-22-18(14)16)10-11-21-19(20-6-2)23-13-17(25)24(3)4/h7-9,12,22H,5-6,10-11,13H2,1-4H3,(H2,20,21,23). The zero-order valence-electron chi connectivity index (χ0n) is 15.6. The molecule has 6 nitrogen and oxygen atoms in total. The van der Waals surface area contributed by atoms with Gasteiger partial charge in [-0.1, -0.05) is 25.1 Å². The molecule has 0 saturated carbocycles. The third-order valence-electron chi connectivity index (χ3n) is 4.17. The van der Waals surface area contributed by atoms with Crippen LogP contribution in [0.3, 0.4) is 0 Å². The second-order valence-electron chi connectivity index (χ2n) is 6.17. The van der Waals surface area contributed by atoms with Crippen molar-refractivity contribution in [3.05, 3.63) is 35.5 Å². The number of aryl methyl sites for hydroxylation is 1. The normalized spacial score (nSPS) is 11.6. The number of aromatic nitrogens is 1. The Morgan fingerprint density at radius 3 is 2.68 bits per heavy atom. The molecule has 25 heavy (non-hydrogen) atoms. The minimum absolute atomic E-state index is 0.0130. The minimum Gasteiger partial charge on any atom is -0.361 e. The first kappa shape index (κ1) is 18.8. The highest BCUT2D eigenvalue weighted by Crippen LogP contribution is 2.22. The number of nitrogens with one attached hydrogen (secondary N) is 3. The van der Waals surface area contributed by atoms with Crippen LogP contribution in [0.5, 0.6) is 0 Å². The lowest BCUT2D eigenvalue weighted by Crippen LogP contribution is -2.39. The van der Waals surface area contributed by atoms with Crippen LogP contribution in [-0.4, -0.2) is 55.5 Å². The molecule has 0 aliphatic rings. The van der Waals surface area contributed by atoms with Crippen LogP contribution in [0.25, 0.3) is 10.9 Å². The quantitative estimate of drug-likeness (QED) is 0.531. The number of amides is 1. The number of aromatic amines is 1. The lowest BCUT2D eigenvalue weighted by atomic mass is 10.1. The molecule has 0 radical (unpaired) electrons. The van der Waals surface area contributed by atoms with Crippen molar-refractivity contribution in [1.29, 1.82) is 0 Å². The van der Waals surface area contributed by atoms with E-state index in [1.807, 2.05) is 6.92 Å². The van der Waals surface area contributed by atoms with Gasteiger partial charge >= 0.3 is 0 Å². The van der Waals surface area contributed by atoms with Crippen molar-refractivity contribution >= 4 is 22.8 Å². The van der Waals surface area contributed by atoms with Crippen molar-refractivity contribution in [3.63, 3.8) is 0 Å². The van der Waals surface area contributed by atoms with E-state index in [4.69, 9.17) is 0 Å². The number of para-hydroxylation sites is 1. The fraction of sp³-hybridized carbons (Fsp3) is 0.474. The Hall–Kier alpha value is -2.50. The maximum atomic E-state index is 11.7. The topological polar surface area (TPSA) is 72.5 Å². The first-order valence-corrected chi connectivity index (χ1v) is 8.87. The number of hydrogen-bond donors (Lipinski definition) is 3. The monoisotopic (exact) mass is 343 g/mol. The van der Waals surface area contributed by atoms with E-state index in [0.29, 0.717) is 5.96 Å². The first-order valence-electron chi connectivity index (χ1n) is 8.87. The summed E-state index contributed by atoms with van der Waals surface area (Å²) in [6, 6.07) is 6.44. The van der Waals surface area contributed by atoms with Crippen LogP contribution in [0, 0.1) is 0 Å². The van der Waals surface area contributed by atoms with Gasteiger partial charge in [0.2, 0.25) is 5.91 Å². The average Bonchev–Trinajstić information content (AvgIpc) is 3.02. The van der Waals surface area contributed by atoms with Gasteiger partial charge < -0.3 is 20.5 Å². The van der Waals surface area contributed by atoms with Gasteiger partial charge in [-0.25, -0.2) is 4.99 Å². The second-order valence-corrected chi connectivity index (χ2v) is 6.17. The van der Waals surface area contributed by atoms with E-state index in [1.165, 1.54) is 22.0 Å². The Kier molecular flexibility index (Phi) is 6.86. The van der Waals surface area contributed by atoms with E-state index >= 15 is 0 Å². The highest BCUT2D eigenvalue weighted by molar-refractivity contribution is 5.86. The molecular weight excluding hydrogens is 314 g/mol. The summed E-state index contributed by atoms with van der Waals surface area (Å²) in [5.74, 6) is 0.660. The van der Waals surface area contributed by atoms with Gasteiger partial charge in [0.25, 0.3) is 0 Å². The minimum atomic E-state index is -0.0130. The number of nitrogens with zero attached hydrogens (tertiary/aromatic N) is 2.